The molecule has 11 nitrogen and oxygen atoms in total. The van der Waals surface area contributed by atoms with Crippen molar-refractivity contribution in [3.63, 3.8) is 0 Å². The highest BCUT2D eigenvalue weighted by molar-refractivity contribution is 7.93. The number of nitrogens with two attached hydrogens (primary N) is 1. The minimum absolute atomic E-state index is 0.0892. The van der Waals surface area contributed by atoms with Crippen molar-refractivity contribution in [2.75, 3.05) is 34.6 Å². The van der Waals surface area contributed by atoms with Crippen molar-refractivity contribution in [1.29, 1.82) is 5.41 Å². The van der Waals surface area contributed by atoms with E-state index in [4.69, 9.17) is 27.5 Å². The zero-order valence-electron chi connectivity index (χ0n) is 21.5. The van der Waals surface area contributed by atoms with Crippen LogP contribution in [0.3, 0.4) is 0 Å². The average molecular weight is 585 g/mol. The number of carbonyl (C=O) groups is 1. The second-order valence-electron chi connectivity index (χ2n) is 9.09. The number of hydrogen-bond donors (Lipinski definition) is 3. The van der Waals surface area contributed by atoms with Gasteiger partial charge in [-0.3, -0.25) is 14.5 Å². The first kappa shape index (κ1) is 28.8. The molecule has 1 fully saturated rings. The number of hydrogen-bond acceptors (Lipinski definition) is 8. The zero-order valence-corrected chi connectivity index (χ0v) is 23.1. The van der Waals surface area contributed by atoms with E-state index in [1.807, 2.05) is 0 Å². The van der Waals surface area contributed by atoms with Crippen LogP contribution >= 0.6 is 11.6 Å². The lowest BCUT2D eigenvalue weighted by Gasteiger charge is -2.32. The van der Waals surface area contributed by atoms with Gasteiger partial charge in [-0.2, -0.15) is 0 Å². The summed E-state index contributed by atoms with van der Waals surface area (Å²) in [5, 5.41) is 17.0. The number of ether oxygens (including phenoxy) is 1. The van der Waals surface area contributed by atoms with Crippen molar-refractivity contribution in [3.05, 3.63) is 83.2 Å². The number of aromatic nitrogens is 2. The van der Waals surface area contributed by atoms with E-state index in [9.17, 15) is 18.3 Å². The minimum atomic E-state index is -4.23. The van der Waals surface area contributed by atoms with E-state index in [0.29, 0.717) is 35.9 Å². The number of nitrogens with zero attached hydrogens (tertiary/aromatic N) is 4. The van der Waals surface area contributed by atoms with Gasteiger partial charge in [0.05, 0.1) is 17.3 Å². The monoisotopic (exact) mass is 584 g/mol. The molecule has 4 N–H and O–H groups in total. The number of carboxylic acid groups (broad SMARTS) is 1. The molecule has 210 valence electrons. The first-order valence-electron chi connectivity index (χ1n) is 12.4. The largest absolute Gasteiger partial charge is 0.489 e. The van der Waals surface area contributed by atoms with Crippen molar-refractivity contribution in [3.8, 4) is 5.75 Å². The summed E-state index contributed by atoms with van der Waals surface area (Å²) < 4.78 is 33.0. The van der Waals surface area contributed by atoms with Crippen LogP contribution in [0.1, 0.15) is 24.0 Å². The predicted octanol–water partition coefficient (Wildman–Crippen LogP) is 3.40. The molecule has 1 aliphatic rings. The van der Waals surface area contributed by atoms with Crippen LogP contribution in [0.4, 0.5) is 11.6 Å². The maximum absolute atomic E-state index is 13.0. The fourth-order valence-corrected chi connectivity index (χ4v) is 5.69. The van der Waals surface area contributed by atoms with Crippen molar-refractivity contribution >= 4 is 51.1 Å². The summed E-state index contributed by atoms with van der Waals surface area (Å²) in [6.07, 6.45) is 8.02. The van der Waals surface area contributed by atoms with Crippen LogP contribution in [0.25, 0.3) is 6.08 Å². The lowest BCUT2D eigenvalue weighted by atomic mass is 10.1. The lowest BCUT2D eigenvalue weighted by molar-refractivity contribution is -0.134. The van der Waals surface area contributed by atoms with E-state index < -0.39 is 21.7 Å². The summed E-state index contributed by atoms with van der Waals surface area (Å²) in [7, 11) is -4.23. The fourth-order valence-electron chi connectivity index (χ4n) is 4.26. The summed E-state index contributed by atoms with van der Waals surface area (Å²) in [4.78, 5) is 21.9. The molecular weight excluding hydrogens is 556 g/mol. The number of sulfonamides is 1. The van der Waals surface area contributed by atoms with E-state index in [0.717, 1.165) is 17.1 Å². The Kier molecular flexibility index (Phi) is 9.22. The number of anilines is 2. The summed E-state index contributed by atoms with van der Waals surface area (Å²) in [5.74, 6) is -1.56. The van der Waals surface area contributed by atoms with Gasteiger partial charge in [-0.15, -0.1) is 0 Å². The van der Waals surface area contributed by atoms with Crippen LogP contribution in [0.2, 0.25) is 5.02 Å². The highest BCUT2D eigenvalue weighted by Crippen LogP contribution is 2.33. The van der Waals surface area contributed by atoms with Crippen LogP contribution in [0.15, 0.2) is 67.0 Å². The lowest BCUT2D eigenvalue weighted by Crippen LogP contribution is -2.39. The second-order valence-corrected chi connectivity index (χ2v) is 11.4. The molecule has 1 aromatic heterocycles. The van der Waals surface area contributed by atoms with E-state index in [2.05, 4.69) is 14.9 Å². The Balaban J connectivity index is 1.48. The quantitative estimate of drug-likeness (QED) is 0.226. The van der Waals surface area contributed by atoms with Gasteiger partial charge in [0.1, 0.15) is 17.7 Å². The van der Waals surface area contributed by atoms with Crippen molar-refractivity contribution in [2.45, 2.75) is 18.9 Å². The van der Waals surface area contributed by atoms with Crippen LogP contribution in [0, 0.1) is 5.41 Å². The van der Waals surface area contributed by atoms with Gasteiger partial charge in [0, 0.05) is 43.9 Å². The second kappa shape index (κ2) is 12.8. The third kappa shape index (κ3) is 7.48. The Hall–Kier alpha value is -4.16. The van der Waals surface area contributed by atoms with Crippen LogP contribution < -0.4 is 19.7 Å². The number of nitrogen functional groups attached to an aromatic ring is 1. The van der Waals surface area contributed by atoms with Crippen LogP contribution in [-0.2, 0) is 14.8 Å². The molecule has 13 heteroatoms. The van der Waals surface area contributed by atoms with E-state index >= 15 is 0 Å². The number of carboxylic acids is 1. The number of benzene rings is 2. The number of piperidine rings is 1. The molecule has 0 bridgehead atoms. The molecule has 0 radical (unpaired) electrons. The molecule has 0 saturated carbocycles. The van der Waals surface area contributed by atoms with Gasteiger partial charge in [-0.1, -0.05) is 42.0 Å². The Morgan fingerprint density at radius 3 is 2.55 bits per heavy atom. The van der Waals surface area contributed by atoms with Crippen molar-refractivity contribution < 1.29 is 23.1 Å². The maximum atomic E-state index is 13.0. The predicted molar refractivity (Wildman–Crippen MR) is 155 cm³/mol. The van der Waals surface area contributed by atoms with Crippen LogP contribution in [0.5, 0.6) is 5.75 Å². The minimum Gasteiger partial charge on any atom is -0.489 e. The molecule has 2 heterocycles. The van der Waals surface area contributed by atoms with Crippen LogP contribution in [-0.4, -0.2) is 66.8 Å². The Morgan fingerprint density at radius 2 is 1.90 bits per heavy atom. The molecular formula is C27H29ClN6O5S. The smallest absolute Gasteiger partial charge is 0.320 e. The normalized spacial score (nSPS) is 14.3. The maximum Gasteiger partial charge on any atom is 0.320 e. The average Bonchev–Trinajstić information content (AvgIpc) is 2.92. The number of halogens is 1. The van der Waals surface area contributed by atoms with Gasteiger partial charge in [0.25, 0.3) is 0 Å². The molecule has 2 aromatic carbocycles. The summed E-state index contributed by atoms with van der Waals surface area (Å²) in [6.45, 7) is 1.29. The van der Waals surface area contributed by atoms with Gasteiger partial charge < -0.3 is 20.5 Å². The first-order chi connectivity index (χ1) is 19.1. The molecule has 0 aliphatic carbocycles. The first-order valence-corrected chi connectivity index (χ1v) is 14.4. The summed E-state index contributed by atoms with van der Waals surface area (Å²) in [6, 6.07) is 13.2. The van der Waals surface area contributed by atoms with Gasteiger partial charge in [0.15, 0.2) is 5.75 Å². The SMILES string of the molecule is N=C(N)c1cccc(C=CCN(c2ccc(OC3CCN(c4ncccn4)CC3)c(Cl)c2)S(=O)(=O)CC(=O)O)c1. The summed E-state index contributed by atoms with van der Waals surface area (Å²) in [5.41, 5.74) is 6.98. The Morgan fingerprint density at radius 1 is 1.18 bits per heavy atom. The molecule has 1 saturated heterocycles. The van der Waals surface area contributed by atoms with Gasteiger partial charge in [-0.05, 0) is 35.9 Å². The number of amidine groups is 1. The van der Waals surface area contributed by atoms with Gasteiger partial charge in [0.2, 0.25) is 16.0 Å². The van der Waals surface area contributed by atoms with E-state index in [-0.39, 0.29) is 29.2 Å². The number of aliphatic carboxylic acids is 1. The molecule has 0 atom stereocenters. The highest BCUT2D eigenvalue weighted by Gasteiger charge is 2.27. The van der Waals surface area contributed by atoms with Gasteiger partial charge >= 0.3 is 5.97 Å². The van der Waals surface area contributed by atoms with E-state index in [1.54, 1.807) is 60.9 Å². The molecule has 0 spiro atoms. The van der Waals surface area contributed by atoms with Crippen molar-refractivity contribution in [1.82, 2.24) is 9.97 Å². The molecule has 0 unspecified atom stereocenters. The standard InChI is InChI=1S/C27H29ClN6O5S/c28-23-17-21(7-8-24(23)39-22-9-14-33(15-10-22)27-31-11-3-12-32-27)34(40(37,38)18-25(35)36)13-2-5-19-4-1-6-20(16-19)26(29)30/h1-8,11-12,16-17,22H,9-10,13-15,18H2,(H3,29,30)(H,35,36). The topological polar surface area (TPSA) is 163 Å². The molecule has 4 rings (SSSR count). The molecule has 3 aromatic rings. The van der Waals surface area contributed by atoms with Crippen molar-refractivity contribution in [2.24, 2.45) is 5.73 Å². The Bertz CT molecular complexity index is 1490. The zero-order chi connectivity index (χ0) is 28.7. The number of nitrogens with one attached hydrogen (secondary N) is 1. The van der Waals surface area contributed by atoms with Gasteiger partial charge in [-0.25, -0.2) is 18.4 Å². The molecule has 1 aliphatic heterocycles. The summed E-state index contributed by atoms with van der Waals surface area (Å²) >= 11 is 6.51. The van der Waals surface area contributed by atoms with E-state index in [1.165, 1.54) is 12.1 Å². The third-order valence-electron chi connectivity index (χ3n) is 6.19. The number of rotatable bonds is 11. The molecule has 0 amide bonds. The molecule has 40 heavy (non-hydrogen) atoms. The third-order valence-corrected chi connectivity index (χ3v) is 8.13. The fraction of sp³-hybridized carbons (Fsp3) is 0.259. The Labute approximate surface area is 237 Å². The highest BCUT2D eigenvalue weighted by atomic mass is 35.5.